The number of amides is 2. The molecule has 2 N–H and O–H groups in total. The van der Waals surface area contributed by atoms with Crippen LogP contribution in [0.4, 0.5) is 4.79 Å². The molecule has 1 aromatic carbocycles. The molecule has 0 unspecified atom stereocenters. The van der Waals surface area contributed by atoms with Gasteiger partial charge >= 0.3 is 12.0 Å². The second-order valence-electron chi connectivity index (χ2n) is 6.23. The zero-order chi connectivity index (χ0) is 17.5. The van der Waals surface area contributed by atoms with Crippen molar-refractivity contribution in [3.8, 4) is 0 Å². The Morgan fingerprint density at radius 2 is 1.83 bits per heavy atom. The number of nitrogens with one attached hydrogen (secondary N) is 1. The third-order valence-electron chi connectivity index (χ3n) is 4.59. The van der Waals surface area contributed by atoms with Crippen molar-refractivity contribution in [2.24, 2.45) is 0 Å². The van der Waals surface area contributed by atoms with Crippen LogP contribution in [0.15, 0.2) is 30.3 Å². The molecular formula is C18H27N3O3. The van der Waals surface area contributed by atoms with Gasteiger partial charge in [-0.1, -0.05) is 37.3 Å². The number of nitrogens with zero attached hydrogens (tertiary/aromatic N) is 2. The van der Waals surface area contributed by atoms with E-state index in [2.05, 4.69) is 5.32 Å². The van der Waals surface area contributed by atoms with Gasteiger partial charge < -0.3 is 15.3 Å². The largest absolute Gasteiger partial charge is 0.480 e. The molecule has 1 aromatic rings. The highest BCUT2D eigenvalue weighted by atomic mass is 16.4. The summed E-state index contributed by atoms with van der Waals surface area (Å²) in [6.45, 7) is 5.96. The summed E-state index contributed by atoms with van der Waals surface area (Å²) in [6.07, 6.45) is 1.63. The first-order valence-corrected chi connectivity index (χ1v) is 8.58. The summed E-state index contributed by atoms with van der Waals surface area (Å²) in [7, 11) is 0. The van der Waals surface area contributed by atoms with Crippen LogP contribution >= 0.6 is 0 Å². The van der Waals surface area contributed by atoms with E-state index in [-0.39, 0.29) is 24.7 Å². The molecule has 0 aliphatic heterocycles. The number of carboxylic acid groups (broad SMARTS) is 1. The zero-order valence-electron chi connectivity index (χ0n) is 14.4. The van der Waals surface area contributed by atoms with E-state index in [4.69, 9.17) is 5.11 Å². The number of carbonyl (C=O) groups is 2. The summed E-state index contributed by atoms with van der Waals surface area (Å²) in [5, 5.41) is 12.0. The molecule has 6 heteroatoms. The van der Waals surface area contributed by atoms with Gasteiger partial charge in [-0.05, 0) is 31.9 Å². The van der Waals surface area contributed by atoms with Gasteiger partial charge in [-0.3, -0.25) is 9.69 Å². The average Bonchev–Trinajstić information content (AvgIpc) is 2.54. The fourth-order valence-corrected chi connectivity index (χ4v) is 3.07. The summed E-state index contributed by atoms with van der Waals surface area (Å²) in [4.78, 5) is 27.0. The van der Waals surface area contributed by atoms with Gasteiger partial charge in [-0.15, -0.1) is 0 Å². The Hall–Kier alpha value is -2.08. The molecule has 1 aliphatic rings. The monoisotopic (exact) mass is 333 g/mol. The van der Waals surface area contributed by atoms with Crippen LogP contribution in [-0.4, -0.2) is 58.6 Å². The predicted molar refractivity (Wildman–Crippen MR) is 92.8 cm³/mol. The van der Waals surface area contributed by atoms with E-state index in [9.17, 15) is 9.59 Å². The first-order chi connectivity index (χ1) is 11.5. The Kier molecular flexibility index (Phi) is 6.61. The zero-order valence-corrected chi connectivity index (χ0v) is 14.4. The predicted octanol–water partition coefficient (Wildman–Crippen LogP) is 2.16. The minimum absolute atomic E-state index is 0.0499. The minimum Gasteiger partial charge on any atom is -0.480 e. The van der Waals surface area contributed by atoms with Crippen LogP contribution in [0, 0.1) is 0 Å². The summed E-state index contributed by atoms with van der Waals surface area (Å²) >= 11 is 0. The molecule has 0 heterocycles. The summed E-state index contributed by atoms with van der Waals surface area (Å²) in [5.41, 5.74) is 1.11. The van der Waals surface area contributed by atoms with Gasteiger partial charge in [0.15, 0.2) is 0 Å². The highest BCUT2D eigenvalue weighted by Gasteiger charge is 2.35. The Morgan fingerprint density at radius 1 is 1.17 bits per heavy atom. The normalized spacial score (nSPS) is 19.6. The molecule has 0 spiro atoms. The van der Waals surface area contributed by atoms with Crippen molar-refractivity contribution >= 4 is 12.0 Å². The number of carbonyl (C=O) groups excluding carboxylic acids is 1. The van der Waals surface area contributed by atoms with Crippen molar-refractivity contribution in [3.63, 3.8) is 0 Å². The topological polar surface area (TPSA) is 72.9 Å². The first kappa shape index (κ1) is 18.3. The maximum Gasteiger partial charge on any atom is 0.317 e. The second kappa shape index (κ2) is 8.68. The van der Waals surface area contributed by atoms with Crippen LogP contribution in [0.25, 0.3) is 0 Å². The molecule has 1 fully saturated rings. The van der Waals surface area contributed by atoms with Crippen molar-refractivity contribution in [3.05, 3.63) is 35.9 Å². The smallest absolute Gasteiger partial charge is 0.317 e. The number of aliphatic carboxylic acids is 1. The van der Waals surface area contributed by atoms with E-state index in [1.165, 1.54) is 0 Å². The molecule has 132 valence electrons. The van der Waals surface area contributed by atoms with E-state index in [0.29, 0.717) is 19.6 Å². The first-order valence-electron chi connectivity index (χ1n) is 8.58. The molecule has 2 amide bonds. The van der Waals surface area contributed by atoms with Gasteiger partial charge in [0.25, 0.3) is 0 Å². The SMILES string of the molecule is CCN(Cc1ccccc1)C(=O)NC1CC(N(CC)CC(=O)O)C1. The number of urea groups is 1. The third kappa shape index (κ3) is 4.96. The number of hydrogen-bond donors (Lipinski definition) is 2. The molecule has 24 heavy (non-hydrogen) atoms. The molecule has 0 aromatic heterocycles. The number of benzene rings is 1. The summed E-state index contributed by atoms with van der Waals surface area (Å²) in [6, 6.07) is 10.3. The quantitative estimate of drug-likeness (QED) is 0.765. The molecule has 6 nitrogen and oxygen atoms in total. The minimum atomic E-state index is -0.802. The lowest BCUT2D eigenvalue weighted by molar-refractivity contribution is -0.139. The number of likely N-dealkylation sites (N-methyl/N-ethyl adjacent to an activating group) is 1. The van der Waals surface area contributed by atoms with Crippen LogP contribution < -0.4 is 5.32 Å². The van der Waals surface area contributed by atoms with Gasteiger partial charge in [0.05, 0.1) is 6.54 Å². The highest BCUT2D eigenvalue weighted by molar-refractivity contribution is 5.74. The van der Waals surface area contributed by atoms with Crippen LogP contribution in [-0.2, 0) is 11.3 Å². The fourth-order valence-electron chi connectivity index (χ4n) is 3.07. The van der Waals surface area contributed by atoms with E-state index >= 15 is 0 Å². The average molecular weight is 333 g/mol. The van der Waals surface area contributed by atoms with Gasteiger partial charge in [0, 0.05) is 25.2 Å². The van der Waals surface area contributed by atoms with Crippen LogP contribution in [0.2, 0.25) is 0 Å². The second-order valence-corrected chi connectivity index (χ2v) is 6.23. The summed E-state index contributed by atoms with van der Waals surface area (Å²) < 4.78 is 0. The lowest BCUT2D eigenvalue weighted by atomic mass is 9.85. The van der Waals surface area contributed by atoms with Crippen molar-refractivity contribution < 1.29 is 14.7 Å². The van der Waals surface area contributed by atoms with Gasteiger partial charge in [-0.2, -0.15) is 0 Å². The van der Waals surface area contributed by atoms with Crippen molar-refractivity contribution in [1.82, 2.24) is 15.1 Å². The fraction of sp³-hybridized carbons (Fsp3) is 0.556. The Bertz CT molecular complexity index is 544. The number of rotatable bonds is 8. The van der Waals surface area contributed by atoms with Crippen LogP contribution in [0.5, 0.6) is 0 Å². The van der Waals surface area contributed by atoms with E-state index < -0.39 is 5.97 Å². The van der Waals surface area contributed by atoms with E-state index in [0.717, 1.165) is 18.4 Å². The maximum atomic E-state index is 12.4. The van der Waals surface area contributed by atoms with Crippen molar-refractivity contribution in [2.45, 2.75) is 45.3 Å². The molecule has 1 aliphatic carbocycles. The molecule has 0 radical (unpaired) electrons. The van der Waals surface area contributed by atoms with E-state index in [1.807, 2.05) is 49.1 Å². The number of hydrogen-bond acceptors (Lipinski definition) is 3. The molecule has 0 saturated heterocycles. The maximum absolute atomic E-state index is 12.4. The Labute approximate surface area is 143 Å². The molecule has 1 saturated carbocycles. The van der Waals surface area contributed by atoms with Crippen LogP contribution in [0.3, 0.4) is 0 Å². The van der Waals surface area contributed by atoms with Gasteiger partial charge in [0.2, 0.25) is 0 Å². The van der Waals surface area contributed by atoms with Gasteiger partial charge in [-0.25, -0.2) is 4.79 Å². The number of carboxylic acids is 1. The molecule has 0 bridgehead atoms. The molecule has 2 rings (SSSR count). The molecular weight excluding hydrogens is 306 g/mol. The third-order valence-corrected chi connectivity index (χ3v) is 4.59. The summed E-state index contributed by atoms with van der Waals surface area (Å²) in [5.74, 6) is -0.802. The highest BCUT2D eigenvalue weighted by Crippen LogP contribution is 2.25. The van der Waals surface area contributed by atoms with Gasteiger partial charge in [0.1, 0.15) is 0 Å². The Morgan fingerprint density at radius 3 is 2.38 bits per heavy atom. The van der Waals surface area contributed by atoms with Crippen molar-refractivity contribution in [1.29, 1.82) is 0 Å². The van der Waals surface area contributed by atoms with E-state index in [1.54, 1.807) is 4.90 Å². The lowest BCUT2D eigenvalue weighted by Gasteiger charge is -2.42. The standard InChI is InChI=1S/C18H27N3O3/c1-3-20(13-17(22)23)16-10-15(11-16)19-18(24)21(4-2)12-14-8-6-5-7-9-14/h5-9,15-16H,3-4,10-13H2,1-2H3,(H,19,24)(H,22,23). The Balaban J connectivity index is 1.79. The van der Waals surface area contributed by atoms with Crippen LogP contribution in [0.1, 0.15) is 32.3 Å². The molecule has 0 atom stereocenters. The van der Waals surface area contributed by atoms with Crippen molar-refractivity contribution in [2.75, 3.05) is 19.6 Å². The lowest BCUT2D eigenvalue weighted by Crippen LogP contribution is -2.56.